The second-order valence-corrected chi connectivity index (χ2v) is 4.92. The molecule has 0 aliphatic heterocycles. The van der Waals surface area contributed by atoms with Gasteiger partial charge >= 0.3 is 0 Å². The minimum Gasteiger partial charge on any atom is -0.376 e. The van der Waals surface area contributed by atoms with Crippen LogP contribution in [0.3, 0.4) is 0 Å². The van der Waals surface area contributed by atoms with E-state index in [4.69, 9.17) is 10.6 Å². The van der Waals surface area contributed by atoms with Crippen LogP contribution in [-0.4, -0.2) is 12.5 Å². The Bertz CT molecular complexity index is 393. The Labute approximate surface area is 115 Å². The number of hydrogen-bond acceptors (Lipinski definition) is 3. The van der Waals surface area contributed by atoms with E-state index in [-0.39, 0.29) is 5.91 Å². The van der Waals surface area contributed by atoms with Gasteiger partial charge in [-0.2, -0.15) is 0 Å². The largest absolute Gasteiger partial charge is 0.376 e. The Balaban J connectivity index is 2.50. The first kappa shape index (κ1) is 15.7. The topological polar surface area (TPSA) is 64.3 Å². The summed E-state index contributed by atoms with van der Waals surface area (Å²) < 4.78 is 5.73. The van der Waals surface area contributed by atoms with Crippen LogP contribution in [-0.2, 0) is 22.6 Å². The third kappa shape index (κ3) is 5.85. The molecule has 0 bridgehead atoms. The van der Waals surface area contributed by atoms with E-state index < -0.39 is 0 Å². The lowest BCUT2D eigenvalue weighted by molar-refractivity contribution is -0.120. The predicted octanol–water partition coefficient (Wildman–Crippen LogP) is 2.17. The number of nitrogens with two attached hydrogens (primary N) is 1. The van der Waals surface area contributed by atoms with E-state index in [9.17, 15) is 4.79 Å². The predicted molar refractivity (Wildman–Crippen MR) is 76.2 cm³/mol. The minimum atomic E-state index is -0.188. The molecule has 0 spiro atoms. The first-order chi connectivity index (χ1) is 9.17. The molecule has 1 aromatic rings. The molecule has 1 unspecified atom stereocenters. The lowest BCUT2D eigenvalue weighted by Gasteiger charge is -2.13. The van der Waals surface area contributed by atoms with Gasteiger partial charge in [0.2, 0.25) is 5.91 Å². The van der Waals surface area contributed by atoms with Crippen LogP contribution in [0.4, 0.5) is 0 Å². The molecule has 1 aromatic carbocycles. The third-order valence-corrected chi connectivity index (χ3v) is 3.07. The van der Waals surface area contributed by atoms with Gasteiger partial charge in [-0.3, -0.25) is 10.2 Å². The van der Waals surface area contributed by atoms with Crippen LogP contribution in [0.2, 0.25) is 0 Å². The summed E-state index contributed by atoms with van der Waals surface area (Å²) in [7, 11) is 0. The molecule has 4 nitrogen and oxygen atoms in total. The minimum absolute atomic E-state index is 0.188. The maximum atomic E-state index is 11.3. The van der Waals surface area contributed by atoms with Gasteiger partial charge in [0, 0.05) is 6.61 Å². The summed E-state index contributed by atoms with van der Waals surface area (Å²) in [6.07, 6.45) is 2.65. The normalized spacial score (nSPS) is 12.2. The molecule has 0 radical (unpaired) electrons. The van der Waals surface area contributed by atoms with Crippen molar-refractivity contribution in [3.05, 3.63) is 35.4 Å². The first-order valence-electron chi connectivity index (χ1n) is 6.81. The molecule has 0 aromatic heterocycles. The molecule has 106 valence electrons. The standard InChI is InChI=1S/C15H24N2O2/c1-3-6-12(2)10-19-11-14-8-5-4-7-13(14)9-15(18)17-16/h4-5,7-8,12H,3,6,9-11,16H2,1-2H3,(H,17,18). The van der Waals surface area contributed by atoms with Crippen LogP contribution in [0.1, 0.15) is 37.8 Å². The van der Waals surface area contributed by atoms with E-state index in [0.29, 0.717) is 18.9 Å². The smallest absolute Gasteiger partial charge is 0.238 e. The van der Waals surface area contributed by atoms with Crippen LogP contribution in [0.25, 0.3) is 0 Å². The second-order valence-electron chi connectivity index (χ2n) is 4.92. The highest BCUT2D eigenvalue weighted by atomic mass is 16.5. The molecule has 4 heteroatoms. The van der Waals surface area contributed by atoms with Crippen molar-refractivity contribution in [2.24, 2.45) is 11.8 Å². The Morgan fingerprint density at radius 3 is 2.68 bits per heavy atom. The second kappa shape index (κ2) is 8.67. The molecule has 0 saturated carbocycles. The fraction of sp³-hybridized carbons (Fsp3) is 0.533. The molecular weight excluding hydrogens is 240 g/mol. The number of hydrogen-bond donors (Lipinski definition) is 2. The van der Waals surface area contributed by atoms with Gasteiger partial charge in [-0.1, -0.05) is 44.5 Å². The number of carbonyl (C=O) groups excluding carboxylic acids is 1. The summed E-state index contributed by atoms with van der Waals surface area (Å²) in [5.41, 5.74) is 4.17. The molecule has 1 amide bonds. The summed E-state index contributed by atoms with van der Waals surface area (Å²) >= 11 is 0. The summed E-state index contributed by atoms with van der Waals surface area (Å²) in [4.78, 5) is 11.3. The quantitative estimate of drug-likeness (QED) is 0.430. The van der Waals surface area contributed by atoms with Crippen LogP contribution < -0.4 is 11.3 Å². The van der Waals surface area contributed by atoms with Gasteiger partial charge in [-0.25, -0.2) is 5.84 Å². The van der Waals surface area contributed by atoms with Crippen LogP contribution in [0.15, 0.2) is 24.3 Å². The van der Waals surface area contributed by atoms with E-state index in [1.165, 1.54) is 12.8 Å². The van der Waals surface area contributed by atoms with E-state index in [0.717, 1.165) is 17.7 Å². The Hall–Kier alpha value is -1.39. The number of amides is 1. The Kier molecular flexibility index (Phi) is 7.15. The van der Waals surface area contributed by atoms with Gasteiger partial charge in [-0.15, -0.1) is 0 Å². The van der Waals surface area contributed by atoms with E-state index in [1.807, 2.05) is 24.3 Å². The zero-order valence-electron chi connectivity index (χ0n) is 11.8. The molecule has 19 heavy (non-hydrogen) atoms. The monoisotopic (exact) mass is 264 g/mol. The van der Waals surface area contributed by atoms with E-state index in [2.05, 4.69) is 19.3 Å². The van der Waals surface area contributed by atoms with Gasteiger partial charge in [0.1, 0.15) is 0 Å². The van der Waals surface area contributed by atoms with E-state index in [1.54, 1.807) is 0 Å². The molecule has 1 atom stereocenters. The highest BCUT2D eigenvalue weighted by molar-refractivity contribution is 5.78. The van der Waals surface area contributed by atoms with Crippen molar-refractivity contribution in [2.75, 3.05) is 6.61 Å². The van der Waals surface area contributed by atoms with Crippen molar-refractivity contribution < 1.29 is 9.53 Å². The lowest BCUT2D eigenvalue weighted by Crippen LogP contribution is -2.31. The zero-order valence-corrected chi connectivity index (χ0v) is 11.8. The van der Waals surface area contributed by atoms with Crippen LogP contribution in [0, 0.1) is 5.92 Å². The third-order valence-electron chi connectivity index (χ3n) is 3.07. The highest BCUT2D eigenvalue weighted by Crippen LogP contribution is 2.13. The number of nitrogens with one attached hydrogen (secondary N) is 1. The van der Waals surface area contributed by atoms with Gasteiger partial charge < -0.3 is 4.74 Å². The molecule has 0 heterocycles. The first-order valence-corrected chi connectivity index (χ1v) is 6.81. The maximum Gasteiger partial charge on any atom is 0.238 e. The van der Waals surface area contributed by atoms with Crippen LogP contribution in [0.5, 0.6) is 0 Å². The summed E-state index contributed by atoms with van der Waals surface area (Å²) in [6, 6.07) is 7.80. The Morgan fingerprint density at radius 1 is 1.37 bits per heavy atom. The number of carbonyl (C=O) groups is 1. The molecule has 0 saturated heterocycles. The fourth-order valence-corrected chi connectivity index (χ4v) is 2.04. The molecule has 1 rings (SSSR count). The molecule has 0 fully saturated rings. The average Bonchev–Trinajstić information content (AvgIpc) is 2.41. The van der Waals surface area contributed by atoms with E-state index >= 15 is 0 Å². The van der Waals surface area contributed by atoms with Gasteiger partial charge in [0.25, 0.3) is 0 Å². The number of hydrazine groups is 1. The SMILES string of the molecule is CCCC(C)COCc1ccccc1CC(=O)NN. The Morgan fingerprint density at radius 2 is 2.05 bits per heavy atom. The van der Waals surface area contributed by atoms with Gasteiger partial charge in [0.05, 0.1) is 13.0 Å². The van der Waals surface area contributed by atoms with Crippen molar-refractivity contribution in [1.82, 2.24) is 5.43 Å². The van der Waals surface area contributed by atoms with Crippen molar-refractivity contribution in [3.63, 3.8) is 0 Å². The highest BCUT2D eigenvalue weighted by Gasteiger charge is 2.07. The number of benzene rings is 1. The van der Waals surface area contributed by atoms with Crippen molar-refractivity contribution in [2.45, 2.75) is 39.7 Å². The maximum absolute atomic E-state index is 11.3. The van der Waals surface area contributed by atoms with Gasteiger partial charge in [-0.05, 0) is 23.5 Å². The van der Waals surface area contributed by atoms with Crippen molar-refractivity contribution in [3.8, 4) is 0 Å². The molecule has 0 aliphatic rings. The molecule has 0 aliphatic carbocycles. The summed E-state index contributed by atoms with van der Waals surface area (Å²) in [5, 5.41) is 0. The van der Waals surface area contributed by atoms with Crippen LogP contribution >= 0.6 is 0 Å². The fourth-order valence-electron chi connectivity index (χ4n) is 2.04. The molecule has 3 N–H and O–H groups in total. The summed E-state index contributed by atoms with van der Waals surface area (Å²) in [6.45, 7) is 5.67. The number of ether oxygens (including phenoxy) is 1. The van der Waals surface area contributed by atoms with Crippen molar-refractivity contribution >= 4 is 5.91 Å². The van der Waals surface area contributed by atoms with Gasteiger partial charge in [0.15, 0.2) is 0 Å². The summed E-state index contributed by atoms with van der Waals surface area (Å²) in [5.74, 6) is 5.50. The van der Waals surface area contributed by atoms with Crippen molar-refractivity contribution in [1.29, 1.82) is 0 Å². The average molecular weight is 264 g/mol. The number of rotatable bonds is 8. The zero-order chi connectivity index (χ0) is 14.1. The molecular formula is C15H24N2O2. The lowest BCUT2D eigenvalue weighted by atomic mass is 10.0.